The van der Waals surface area contributed by atoms with E-state index in [1.807, 2.05) is 6.20 Å². The van der Waals surface area contributed by atoms with Gasteiger partial charge in [0.2, 0.25) is 0 Å². The molecule has 2 heteroatoms. The summed E-state index contributed by atoms with van der Waals surface area (Å²) in [7, 11) is 0. The summed E-state index contributed by atoms with van der Waals surface area (Å²) < 4.78 is 5.98. The molecule has 1 aliphatic heterocycles. The second-order valence-electron chi connectivity index (χ2n) is 10.4. The van der Waals surface area contributed by atoms with Crippen molar-refractivity contribution in [2.75, 3.05) is 13.2 Å². The van der Waals surface area contributed by atoms with Crippen LogP contribution in [0.2, 0.25) is 0 Å². The zero-order valence-electron chi connectivity index (χ0n) is 17.3. The minimum absolute atomic E-state index is 0.348. The molecule has 1 aromatic heterocycles. The topological polar surface area (TPSA) is 22.1 Å². The van der Waals surface area contributed by atoms with E-state index in [0.29, 0.717) is 10.8 Å². The molecule has 5 rings (SSSR count). The molecular formula is C25H35NO. The summed E-state index contributed by atoms with van der Waals surface area (Å²) in [5.41, 5.74) is 5.11. The molecule has 0 radical (unpaired) electrons. The fourth-order valence-electron chi connectivity index (χ4n) is 7.70. The molecule has 1 aromatic rings. The van der Waals surface area contributed by atoms with Crippen LogP contribution in [-0.2, 0) is 4.74 Å². The first-order valence-corrected chi connectivity index (χ1v) is 11.2. The maximum absolute atomic E-state index is 5.98. The van der Waals surface area contributed by atoms with Gasteiger partial charge in [0.1, 0.15) is 0 Å². The van der Waals surface area contributed by atoms with Crippen LogP contribution in [0.1, 0.15) is 69.9 Å². The molecule has 0 aromatic carbocycles. The van der Waals surface area contributed by atoms with Crippen LogP contribution in [0.15, 0.2) is 24.5 Å². The Kier molecular flexibility index (Phi) is 4.27. The van der Waals surface area contributed by atoms with Gasteiger partial charge in [-0.15, -0.1) is 0 Å². The molecule has 4 aliphatic rings. The second-order valence-corrected chi connectivity index (χ2v) is 10.4. The lowest BCUT2D eigenvalue weighted by Crippen LogP contribution is -2.51. The van der Waals surface area contributed by atoms with Crippen LogP contribution in [0.4, 0.5) is 0 Å². The monoisotopic (exact) mass is 365 g/mol. The predicted octanol–water partition coefficient (Wildman–Crippen LogP) is 6.05. The van der Waals surface area contributed by atoms with Crippen molar-refractivity contribution in [3.63, 3.8) is 0 Å². The largest absolute Gasteiger partial charge is 0.381 e. The number of pyridine rings is 1. The van der Waals surface area contributed by atoms with Crippen molar-refractivity contribution < 1.29 is 4.74 Å². The highest BCUT2D eigenvalue weighted by molar-refractivity contribution is 5.72. The van der Waals surface area contributed by atoms with Gasteiger partial charge in [0.25, 0.3) is 0 Å². The summed E-state index contributed by atoms with van der Waals surface area (Å²) in [6.07, 6.45) is 16.1. The van der Waals surface area contributed by atoms with Gasteiger partial charge in [0, 0.05) is 25.6 Å². The lowest BCUT2D eigenvalue weighted by atomic mass is 9.46. The van der Waals surface area contributed by atoms with Crippen molar-refractivity contribution in [2.24, 2.45) is 34.5 Å². The minimum Gasteiger partial charge on any atom is -0.381 e. The number of hydrogen-bond acceptors (Lipinski definition) is 2. The Morgan fingerprint density at radius 2 is 1.96 bits per heavy atom. The molecule has 0 bridgehead atoms. The Hall–Kier alpha value is -1.15. The Morgan fingerprint density at radius 3 is 2.81 bits per heavy atom. The van der Waals surface area contributed by atoms with Gasteiger partial charge in [-0.3, -0.25) is 4.98 Å². The van der Waals surface area contributed by atoms with Gasteiger partial charge < -0.3 is 4.74 Å². The summed E-state index contributed by atoms with van der Waals surface area (Å²) in [6.45, 7) is 9.36. The van der Waals surface area contributed by atoms with Crippen molar-refractivity contribution in [3.8, 4) is 0 Å². The molecule has 0 N–H and O–H groups in total. The van der Waals surface area contributed by atoms with Gasteiger partial charge >= 0.3 is 0 Å². The highest BCUT2D eigenvalue weighted by atomic mass is 16.5. The third-order valence-corrected chi connectivity index (χ3v) is 9.16. The molecule has 6 unspecified atom stereocenters. The van der Waals surface area contributed by atoms with Crippen LogP contribution in [0.3, 0.4) is 0 Å². The zero-order valence-corrected chi connectivity index (χ0v) is 17.3. The van der Waals surface area contributed by atoms with Crippen LogP contribution >= 0.6 is 0 Å². The van der Waals surface area contributed by atoms with Crippen molar-refractivity contribution in [1.82, 2.24) is 4.98 Å². The summed E-state index contributed by atoms with van der Waals surface area (Å²) in [5, 5.41) is 0. The molecule has 146 valence electrons. The normalized spacial score (nSPS) is 43.9. The van der Waals surface area contributed by atoms with Gasteiger partial charge in [-0.2, -0.15) is 0 Å². The van der Waals surface area contributed by atoms with Crippen molar-refractivity contribution >= 4 is 5.57 Å². The third kappa shape index (κ3) is 2.66. The van der Waals surface area contributed by atoms with Gasteiger partial charge in [0.15, 0.2) is 0 Å². The lowest BCUT2D eigenvalue weighted by molar-refractivity contribution is -0.0884. The Labute approximate surface area is 164 Å². The quantitative estimate of drug-likeness (QED) is 0.604. The highest BCUT2D eigenvalue weighted by Crippen LogP contribution is 2.66. The number of fused-ring (bicyclic) bond motifs is 5. The van der Waals surface area contributed by atoms with E-state index in [-0.39, 0.29) is 0 Å². The minimum atomic E-state index is 0.348. The number of allylic oxidation sites excluding steroid dienone is 2. The number of aromatic nitrogens is 1. The molecule has 2 nitrogen and oxygen atoms in total. The van der Waals surface area contributed by atoms with Crippen LogP contribution in [0.5, 0.6) is 0 Å². The fourth-order valence-corrected chi connectivity index (χ4v) is 7.70. The van der Waals surface area contributed by atoms with Crippen LogP contribution < -0.4 is 0 Å². The first-order chi connectivity index (χ1) is 13.0. The number of ether oxygens (including phenoxy) is 1. The smallest absolute Gasteiger partial charge is 0.0499 e. The van der Waals surface area contributed by atoms with Crippen LogP contribution in [0, 0.1) is 41.4 Å². The molecule has 2 saturated carbocycles. The van der Waals surface area contributed by atoms with Crippen LogP contribution in [-0.4, -0.2) is 18.2 Å². The molecule has 6 atom stereocenters. The third-order valence-electron chi connectivity index (χ3n) is 9.16. The number of nitrogens with zero attached hydrogens (tertiary/aromatic N) is 1. The first-order valence-electron chi connectivity index (χ1n) is 11.2. The molecular weight excluding hydrogens is 330 g/mol. The second kappa shape index (κ2) is 6.44. The molecule has 27 heavy (non-hydrogen) atoms. The van der Waals surface area contributed by atoms with Gasteiger partial charge in [0.05, 0.1) is 0 Å². The predicted molar refractivity (Wildman–Crippen MR) is 110 cm³/mol. The standard InChI is InChI=1S/C25H35NO/c1-17-13-18(15-26-14-17)21-7-8-22-20-6-5-19-16-27-12-4-10-24(19,2)23(20)9-11-25(21,22)3/h7,13-15,19-20,22-23H,4-6,8-12,16H2,1-3H3. The summed E-state index contributed by atoms with van der Waals surface area (Å²) in [4.78, 5) is 4.50. The summed E-state index contributed by atoms with van der Waals surface area (Å²) in [5.74, 6) is 3.42. The molecule has 0 amide bonds. The molecule has 3 aliphatic carbocycles. The molecule has 1 saturated heterocycles. The van der Waals surface area contributed by atoms with E-state index in [9.17, 15) is 0 Å². The molecule has 0 spiro atoms. The van der Waals surface area contributed by atoms with Crippen molar-refractivity contribution in [3.05, 3.63) is 35.7 Å². The number of aryl methyl sites for hydroxylation is 1. The number of rotatable bonds is 1. The van der Waals surface area contributed by atoms with Crippen molar-refractivity contribution in [1.29, 1.82) is 0 Å². The van der Waals surface area contributed by atoms with Crippen molar-refractivity contribution in [2.45, 2.75) is 65.7 Å². The van der Waals surface area contributed by atoms with Gasteiger partial charge in [-0.1, -0.05) is 19.9 Å². The average molecular weight is 366 g/mol. The van der Waals surface area contributed by atoms with E-state index in [4.69, 9.17) is 4.74 Å². The van der Waals surface area contributed by atoms with E-state index in [0.717, 1.165) is 36.9 Å². The van der Waals surface area contributed by atoms with E-state index < -0.39 is 0 Å². The SMILES string of the molecule is Cc1cncc(C2=CCC3C4CCC5COCCCC5(C)C4CCC23C)c1. The summed E-state index contributed by atoms with van der Waals surface area (Å²) in [6, 6.07) is 2.35. The fraction of sp³-hybridized carbons (Fsp3) is 0.720. The van der Waals surface area contributed by atoms with E-state index in [2.05, 4.69) is 44.1 Å². The Morgan fingerprint density at radius 1 is 1.07 bits per heavy atom. The molecule has 2 heterocycles. The van der Waals surface area contributed by atoms with E-state index in [1.165, 1.54) is 56.1 Å². The maximum Gasteiger partial charge on any atom is 0.0499 e. The Balaban J connectivity index is 1.45. The van der Waals surface area contributed by atoms with Gasteiger partial charge in [-0.05, 0) is 109 Å². The lowest BCUT2D eigenvalue weighted by Gasteiger charge is -2.58. The first kappa shape index (κ1) is 17.9. The van der Waals surface area contributed by atoms with E-state index >= 15 is 0 Å². The number of hydrogen-bond donors (Lipinski definition) is 0. The van der Waals surface area contributed by atoms with Crippen LogP contribution in [0.25, 0.3) is 5.57 Å². The molecule has 3 fully saturated rings. The van der Waals surface area contributed by atoms with E-state index in [1.54, 1.807) is 5.57 Å². The van der Waals surface area contributed by atoms with Gasteiger partial charge in [-0.25, -0.2) is 0 Å². The Bertz CT molecular complexity index is 754. The average Bonchev–Trinajstić information content (AvgIpc) is 2.88. The summed E-state index contributed by atoms with van der Waals surface area (Å²) >= 11 is 0. The maximum atomic E-state index is 5.98. The zero-order chi connectivity index (χ0) is 18.6. The highest BCUT2D eigenvalue weighted by Gasteiger charge is 2.57.